The van der Waals surface area contributed by atoms with E-state index in [1.54, 1.807) is 74.6 Å². The van der Waals surface area contributed by atoms with Gasteiger partial charge in [0.05, 0.1) is 77.3 Å². The van der Waals surface area contributed by atoms with Crippen molar-refractivity contribution in [1.29, 1.82) is 0 Å². The molecule has 0 unspecified atom stereocenters. The molecule has 6 aliphatic heterocycles. The molecule has 0 atom stereocenters. The second kappa shape index (κ2) is 60.1. The van der Waals surface area contributed by atoms with Crippen molar-refractivity contribution in [1.82, 2.24) is 89.2 Å². The number of hydrogen-bond acceptors (Lipinski definition) is 25. The van der Waals surface area contributed by atoms with Crippen molar-refractivity contribution in [3.8, 4) is 34.5 Å². The second-order valence-electron chi connectivity index (χ2n) is 38.2. The Morgan fingerprint density at radius 1 is 0.289 bits per heavy atom. The van der Waals surface area contributed by atoms with Crippen molar-refractivity contribution in [3.05, 3.63) is 350 Å². The molecule has 0 bridgehead atoms. The van der Waals surface area contributed by atoms with Crippen molar-refractivity contribution in [2.45, 2.75) is 122 Å². The number of ether oxygens (including phenoxy) is 6. The molecular weight excluding hydrogens is 1930 g/mol. The van der Waals surface area contributed by atoms with Gasteiger partial charge in [-0.3, -0.25) is 63.5 Å². The number of aromatic amines is 6. The van der Waals surface area contributed by atoms with E-state index in [2.05, 4.69) is 89.2 Å². The average Bonchev–Trinajstić information content (AvgIpc) is 0.865. The van der Waals surface area contributed by atoms with Crippen molar-refractivity contribution in [2.75, 3.05) is 158 Å². The summed E-state index contributed by atoms with van der Waals surface area (Å²) in [5.74, 6) is -0.224. The number of rotatable bonds is 37. The van der Waals surface area contributed by atoms with Crippen molar-refractivity contribution < 1.29 is 68.3 Å². The summed E-state index contributed by atoms with van der Waals surface area (Å²) in [6, 6.07) is 31.1. The van der Waals surface area contributed by atoms with E-state index in [0.717, 1.165) is 316 Å². The number of halogens is 8. The molecule has 39 heteroatoms. The van der Waals surface area contributed by atoms with Crippen LogP contribution in [0.2, 0.25) is 0 Å². The van der Waals surface area contributed by atoms with E-state index in [9.17, 15) is 68.7 Å². The molecule has 0 aliphatic carbocycles. The first-order valence-electron chi connectivity index (χ1n) is 51.0. The summed E-state index contributed by atoms with van der Waals surface area (Å²) in [5, 5.41) is 0. The van der Waals surface area contributed by atoms with Gasteiger partial charge in [0.25, 0.3) is 33.4 Å². The van der Waals surface area contributed by atoms with Crippen LogP contribution in [0.5, 0.6) is 34.5 Å². The zero-order valence-electron chi connectivity index (χ0n) is 83.9. The molecule has 31 nitrogen and oxygen atoms in total. The molecule has 6 fully saturated rings. The number of methoxy groups -OCH3 is 1. The maximum absolute atomic E-state index is 13.7. The maximum Gasteiger partial charge on any atom is 0.266 e. The minimum absolute atomic E-state index is 0.00838. The molecule has 0 radical (unpaired) electrons. The van der Waals surface area contributed by atoms with Crippen LogP contribution < -0.4 is 61.8 Å². The number of benzene rings is 6. The Morgan fingerprint density at radius 2 is 0.597 bits per heavy atom. The molecule has 6 saturated heterocycles. The van der Waals surface area contributed by atoms with Crippen LogP contribution in [0.1, 0.15) is 117 Å². The predicted molar refractivity (Wildman–Crippen MR) is 547 cm³/mol. The number of aromatic nitrogens is 12. The van der Waals surface area contributed by atoms with Crippen LogP contribution in [0.15, 0.2) is 231 Å². The Bertz CT molecular complexity index is 6400. The number of para-hydroxylation sites is 2. The molecule has 6 N–H and O–H groups in total. The fourth-order valence-corrected chi connectivity index (χ4v) is 18.4. The molecule has 12 aromatic rings. The molecule has 796 valence electrons. The van der Waals surface area contributed by atoms with Gasteiger partial charge in [-0.15, -0.1) is 0 Å². The van der Waals surface area contributed by atoms with E-state index < -0.39 is 34.9 Å². The number of H-pyrrole nitrogens is 6. The van der Waals surface area contributed by atoms with Gasteiger partial charge in [0.15, 0.2) is 46.2 Å². The highest BCUT2D eigenvalue weighted by atomic mass is 19.2. The Labute approximate surface area is 859 Å². The first-order chi connectivity index (χ1) is 72.4. The summed E-state index contributed by atoms with van der Waals surface area (Å²) in [7, 11) is 1.66. The highest BCUT2D eigenvalue weighted by Crippen LogP contribution is 2.32. The number of carbonyl (C=O) groups is 1. The molecular formula is C110H132F8N18O13. The van der Waals surface area contributed by atoms with E-state index in [1.165, 1.54) is 79.6 Å². The van der Waals surface area contributed by atoms with Crippen molar-refractivity contribution in [2.24, 2.45) is 35.5 Å². The zero-order valence-corrected chi connectivity index (χ0v) is 83.9. The molecule has 18 rings (SSSR count). The summed E-state index contributed by atoms with van der Waals surface area (Å²) in [6.45, 7) is 19.2. The van der Waals surface area contributed by atoms with Gasteiger partial charge in [0.1, 0.15) is 34.8 Å². The van der Waals surface area contributed by atoms with Crippen LogP contribution in [-0.4, -0.2) is 253 Å². The number of likely N-dealkylation sites (tertiary alicyclic amines) is 6. The number of hydrogen-bond donors (Lipinski definition) is 6. The largest absolute Gasteiger partial charge is 0.493 e. The monoisotopic (exact) mass is 2070 g/mol. The van der Waals surface area contributed by atoms with Crippen LogP contribution in [0.3, 0.4) is 0 Å². The van der Waals surface area contributed by atoms with Crippen LogP contribution in [0.25, 0.3) is 0 Å². The van der Waals surface area contributed by atoms with Crippen LogP contribution >= 0.6 is 0 Å². The van der Waals surface area contributed by atoms with Gasteiger partial charge in [-0.05, 0) is 257 Å². The number of nitrogens with one attached hydrogen (secondary N) is 6. The van der Waals surface area contributed by atoms with Gasteiger partial charge < -0.3 is 87.7 Å². The molecule has 6 aromatic heterocycles. The highest BCUT2D eigenvalue weighted by Gasteiger charge is 2.29. The quantitative estimate of drug-likeness (QED) is 0.0197. The van der Waals surface area contributed by atoms with E-state index in [-0.39, 0.29) is 80.4 Å². The lowest BCUT2D eigenvalue weighted by Gasteiger charge is -2.31. The summed E-state index contributed by atoms with van der Waals surface area (Å²) in [4.78, 5) is 134. The van der Waals surface area contributed by atoms with Gasteiger partial charge in [-0.2, -0.15) is 4.39 Å². The lowest BCUT2D eigenvalue weighted by molar-refractivity contribution is -0.123. The SMILES string of the molecule is COc1ccccc1OCC1CCN(CCc2cncc(=O)[nH]2)CC1.O=C(Cc1ccccc1F)C1CCN(CCc2cncc(=O)[nH]2)CC1.O=c1cncc(CCN2CCC(COc3cc(F)ccc3F)CC2)[nH]1.O=c1cncc(CCN2CCC(COc3ccc(F)cc3F)CC2)[nH]1.O=c1cncc(CCN2CCC(COc3cccc(F)c3)CC2)[nH]1.O=c1cncc(CCN2CCC(COc3cccc(F)c3F)CC2)[nH]1. The summed E-state index contributed by atoms with van der Waals surface area (Å²) >= 11 is 0. The number of piperidine rings is 6. The van der Waals surface area contributed by atoms with Gasteiger partial charge in [-0.1, -0.05) is 42.5 Å². The van der Waals surface area contributed by atoms with Gasteiger partial charge in [0, 0.05) is 180 Å². The third-order valence-electron chi connectivity index (χ3n) is 27.3. The van der Waals surface area contributed by atoms with Gasteiger partial charge in [0.2, 0.25) is 5.82 Å². The topological polar surface area (TPSA) is 366 Å². The Balaban J connectivity index is 0.000000149. The lowest BCUT2D eigenvalue weighted by Crippen LogP contribution is -2.38. The van der Waals surface area contributed by atoms with Crippen LogP contribution in [0.4, 0.5) is 35.1 Å². The van der Waals surface area contributed by atoms with E-state index in [4.69, 9.17) is 28.4 Å². The van der Waals surface area contributed by atoms with E-state index in [1.807, 2.05) is 24.3 Å². The fraction of sp³-hybridized carbons (Fsp3) is 0.445. The molecule has 6 aliphatic rings. The van der Waals surface area contributed by atoms with Gasteiger partial charge in [-0.25, -0.2) is 30.7 Å². The average molecular weight is 2070 g/mol. The second-order valence-corrected chi connectivity index (χ2v) is 38.2. The number of nitrogens with zero attached hydrogens (tertiary/aromatic N) is 12. The number of Topliss-reactive ketones (excluding diaryl/α,β-unsaturated/α-hetero) is 1. The minimum atomic E-state index is -0.926. The maximum atomic E-state index is 13.7. The molecule has 6 aromatic carbocycles. The zero-order chi connectivity index (χ0) is 105. The smallest absolute Gasteiger partial charge is 0.266 e. The lowest BCUT2D eigenvalue weighted by atomic mass is 9.89. The molecule has 0 spiro atoms. The van der Waals surface area contributed by atoms with Crippen molar-refractivity contribution >= 4 is 5.78 Å². The predicted octanol–water partition coefficient (Wildman–Crippen LogP) is 13.5. The standard InChI is InChI=1S/C19H22FN3O2.C19H25N3O3.3C18H21F2N3O2.C18H22FN3O2/c20-17-4-2-1-3-15(17)11-18(24)14-5-8-23(9-6-14)10-7-16-12-21-13-19(25)22-16;1-24-17-4-2-3-5-18(17)25-14-15-6-9-22(10-7-15)11-8-16-12-20-13-19(23)21-16;19-14-1-2-17(16(20)9-14)25-12-13-3-6-23(7-4-13)8-5-15-10-21-11-18(24)22-15;19-14-1-2-16(20)17(9-14)25-12-13-3-6-23(7-4-13)8-5-15-10-21-11-18(24)22-15;19-15-2-1-3-16(18(15)20)25-12-13-4-7-23(8-5-13)9-6-14-10-21-11-17(24)22-14;19-15-2-1-3-17(10-15)24-13-14-4-7-22(8-5-14)9-6-16-11-20-12-18(23)21-16/h1-4,12-14H,5-11H2,(H,22,25);2-5,12-13,15H,6-11,14H2,1H3,(H,21,23);2*1-2,9-11,13H,3-8,12H2,(H,22,24);1-3,10-11,13H,4-9,12H2,(H,22,24);1-3,10-12,14H,4-9,13H2,(H,21,23). The Morgan fingerprint density at radius 3 is 0.966 bits per heavy atom. The Kier molecular flexibility index (Phi) is 45.3. The first kappa shape index (κ1) is 112. The fourth-order valence-electron chi connectivity index (χ4n) is 18.4. The first-order valence-corrected chi connectivity index (χ1v) is 51.0. The summed E-state index contributed by atoms with van der Waals surface area (Å²) in [6.07, 6.45) is 34.3. The minimum Gasteiger partial charge on any atom is -0.493 e. The highest BCUT2D eigenvalue weighted by molar-refractivity contribution is 5.83. The van der Waals surface area contributed by atoms with Crippen LogP contribution in [-0.2, 0) is 49.7 Å². The van der Waals surface area contributed by atoms with Gasteiger partial charge >= 0.3 is 0 Å². The van der Waals surface area contributed by atoms with E-state index in [0.29, 0.717) is 67.3 Å². The number of carbonyl (C=O) groups excluding carboxylic acids is 1. The third kappa shape index (κ3) is 39.7. The third-order valence-corrected chi connectivity index (χ3v) is 27.3. The van der Waals surface area contributed by atoms with Crippen LogP contribution in [0, 0.1) is 82.0 Å². The summed E-state index contributed by atoms with van der Waals surface area (Å²) < 4.78 is 140. The molecule has 0 saturated carbocycles. The molecule has 149 heavy (non-hydrogen) atoms. The van der Waals surface area contributed by atoms with E-state index >= 15 is 0 Å². The Hall–Kier alpha value is -13.7. The molecule has 0 amide bonds. The normalized spacial score (nSPS) is 16.1. The number of ketones is 1. The summed E-state index contributed by atoms with van der Waals surface area (Å²) in [5.41, 5.74) is 4.57. The molecule has 12 heterocycles. The van der Waals surface area contributed by atoms with Crippen molar-refractivity contribution in [3.63, 3.8) is 0 Å².